The van der Waals surface area contributed by atoms with Gasteiger partial charge in [0.25, 0.3) is 0 Å². The van der Waals surface area contributed by atoms with Crippen LogP contribution in [0.4, 0.5) is 0 Å². The molecular weight excluding hydrogens is 226 g/mol. The van der Waals surface area contributed by atoms with E-state index in [9.17, 15) is 14.9 Å². The largest absolute Gasteiger partial charge is 0.348 e. The molecule has 92 valence electrons. The lowest BCUT2D eigenvalue weighted by atomic mass is 9.83. The Bertz CT molecular complexity index is 441. The number of fused-ring (bicyclic) bond motifs is 4. The van der Waals surface area contributed by atoms with Gasteiger partial charge in [-0.3, -0.25) is 14.9 Å². The Morgan fingerprint density at radius 2 is 2.24 bits per heavy atom. The van der Waals surface area contributed by atoms with Crippen molar-refractivity contribution >= 4 is 5.78 Å². The fourth-order valence-electron chi connectivity index (χ4n) is 3.08. The van der Waals surface area contributed by atoms with Crippen molar-refractivity contribution in [2.24, 2.45) is 11.3 Å². The molecule has 2 saturated heterocycles. The van der Waals surface area contributed by atoms with Crippen LogP contribution in [0.15, 0.2) is 11.6 Å². The fraction of sp³-hybridized carbons (Fsp3) is 0.727. The lowest BCUT2D eigenvalue weighted by molar-refractivity contribution is -0.547. The van der Waals surface area contributed by atoms with Gasteiger partial charge in [-0.25, -0.2) is 0 Å². The molecule has 3 rings (SSSR count). The zero-order valence-electron chi connectivity index (χ0n) is 9.58. The molecular formula is C11H13NO5. The first-order valence-corrected chi connectivity index (χ1v) is 5.59. The molecule has 0 amide bonds. The van der Waals surface area contributed by atoms with Gasteiger partial charge in [-0.2, -0.15) is 0 Å². The lowest BCUT2D eigenvalue weighted by Crippen LogP contribution is -2.46. The van der Waals surface area contributed by atoms with Crippen LogP contribution in [-0.2, 0) is 14.3 Å². The Hall–Kier alpha value is -1.27. The van der Waals surface area contributed by atoms with Crippen LogP contribution in [0.25, 0.3) is 0 Å². The standard InChI is InChI=1S/C11H13NO5/c1-11(2)3-5-7(9(11)12(14)15)10-16-4-6(17-10)8(5)13/h3,6-7,9-10H,4H2,1-2H3. The third-order valence-corrected chi connectivity index (χ3v) is 3.80. The third kappa shape index (κ3) is 1.31. The van der Waals surface area contributed by atoms with Gasteiger partial charge < -0.3 is 9.47 Å². The van der Waals surface area contributed by atoms with E-state index in [0.717, 1.165) is 0 Å². The van der Waals surface area contributed by atoms with E-state index in [1.807, 2.05) is 0 Å². The highest BCUT2D eigenvalue weighted by Gasteiger charge is 2.61. The first-order chi connectivity index (χ1) is 7.92. The maximum Gasteiger partial charge on any atom is 0.233 e. The normalized spacial score (nSPS) is 42.2. The third-order valence-electron chi connectivity index (χ3n) is 3.80. The second-order valence-corrected chi connectivity index (χ2v) is 5.37. The molecule has 2 fully saturated rings. The molecule has 0 aromatic heterocycles. The number of carbonyl (C=O) groups is 1. The summed E-state index contributed by atoms with van der Waals surface area (Å²) >= 11 is 0. The molecule has 4 unspecified atom stereocenters. The molecule has 3 aliphatic rings. The molecule has 2 heterocycles. The maximum absolute atomic E-state index is 12.0. The van der Waals surface area contributed by atoms with Gasteiger partial charge in [-0.15, -0.1) is 0 Å². The van der Waals surface area contributed by atoms with E-state index in [1.165, 1.54) is 0 Å². The van der Waals surface area contributed by atoms with E-state index in [1.54, 1.807) is 19.9 Å². The summed E-state index contributed by atoms with van der Waals surface area (Å²) in [4.78, 5) is 22.9. The molecule has 0 aromatic carbocycles. The number of Topliss-reactive ketones (excluding diaryl/α,β-unsaturated/α-hetero) is 1. The van der Waals surface area contributed by atoms with E-state index in [2.05, 4.69) is 0 Å². The van der Waals surface area contributed by atoms with Crippen molar-refractivity contribution in [3.63, 3.8) is 0 Å². The molecule has 4 atom stereocenters. The quantitative estimate of drug-likeness (QED) is 0.493. The lowest BCUT2D eigenvalue weighted by Gasteiger charge is -2.29. The molecule has 0 N–H and O–H groups in total. The Morgan fingerprint density at radius 1 is 1.53 bits per heavy atom. The van der Waals surface area contributed by atoms with E-state index < -0.39 is 29.8 Å². The van der Waals surface area contributed by atoms with E-state index in [0.29, 0.717) is 5.57 Å². The first-order valence-electron chi connectivity index (χ1n) is 5.59. The number of ether oxygens (including phenoxy) is 2. The number of rotatable bonds is 1. The summed E-state index contributed by atoms with van der Waals surface area (Å²) in [6, 6.07) is -0.856. The minimum atomic E-state index is -0.856. The average molecular weight is 239 g/mol. The molecule has 6 nitrogen and oxygen atoms in total. The van der Waals surface area contributed by atoms with Crippen molar-refractivity contribution in [2.45, 2.75) is 32.3 Å². The van der Waals surface area contributed by atoms with Crippen LogP contribution in [-0.4, -0.2) is 35.7 Å². The number of hydrogen-bond acceptors (Lipinski definition) is 5. The van der Waals surface area contributed by atoms with Crippen LogP contribution < -0.4 is 0 Å². The van der Waals surface area contributed by atoms with Crippen molar-refractivity contribution in [1.82, 2.24) is 0 Å². The topological polar surface area (TPSA) is 78.7 Å². The number of nitro groups is 1. The minimum Gasteiger partial charge on any atom is -0.348 e. The van der Waals surface area contributed by atoms with Crippen LogP contribution in [0.1, 0.15) is 13.8 Å². The molecule has 0 aromatic rings. The molecule has 2 bridgehead atoms. The van der Waals surface area contributed by atoms with Gasteiger partial charge in [0, 0.05) is 10.5 Å². The minimum absolute atomic E-state index is 0.152. The Balaban J connectivity index is 2.08. The molecule has 0 radical (unpaired) electrons. The van der Waals surface area contributed by atoms with Gasteiger partial charge in [0.15, 0.2) is 12.1 Å². The summed E-state index contributed by atoms with van der Waals surface area (Å²) in [6.07, 6.45) is 0.523. The fourth-order valence-corrected chi connectivity index (χ4v) is 3.08. The zero-order valence-corrected chi connectivity index (χ0v) is 9.58. The highest BCUT2D eigenvalue weighted by atomic mass is 16.7. The number of ketones is 1. The highest BCUT2D eigenvalue weighted by Crippen LogP contribution is 2.48. The van der Waals surface area contributed by atoms with Crippen LogP contribution >= 0.6 is 0 Å². The van der Waals surface area contributed by atoms with E-state index >= 15 is 0 Å². The van der Waals surface area contributed by atoms with Crippen molar-refractivity contribution in [3.8, 4) is 0 Å². The van der Waals surface area contributed by atoms with Crippen LogP contribution in [0.2, 0.25) is 0 Å². The van der Waals surface area contributed by atoms with Gasteiger partial charge in [0.2, 0.25) is 6.04 Å². The summed E-state index contributed by atoms with van der Waals surface area (Å²) in [5.41, 5.74) is -0.119. The Morgan fingerprint density at radius 3 is 2.88 bits per heavy atom. The van der Waals surface area contributed by atoms with Gasteiger partial charge in [0.1, 0.15) is 12.0 Å². The van der Waals surface area contributed by atoms with Crippen LogP contribution in [0, 0.1) is 21.4 Å². The Labute approximate surface area is 97.7 Å². The predicted molar refractivity (Wildman–Crippen MR) is 55.8 cm³/mol. The van der Waals surface area contributed by atoms with Crippen molar-refractivity contribution in [3.05, 3.63) is 21.8 Å². The van der Waals surface area contributed by atoms with Crippen LogP contribution in [0.5, 0.6) is 0 Å². The number of carbonyl (C=O) groups excluding carboxylic acids is 1. The smallest absolute Gasteiger partial charge is 0.233 e. The van der Waals surface area contributed by atoms with Gasteiger partial charge >= 0.3 is 0 Å². The maximum atomic E-state index is 12.0. The summed E-state index contributed by atoms with van der Waals surface area (Å²) in [7, 11) is 0. The molecule has 0 saturated carbocycles. The highest BCUT2D eigenvalue weighted by molar-refractivity contribution is 6.01. The van der Waals surface area contributed by atoms with Crippen LogP contribution in [0.3, 0.4) is 0 Å². The predicted octanol–water partition coefficient (Wildman–Crippen LogP) is 0.538. The summed E-state index contributed by atoms with van der Waals surface area (Å²) in [5.74, 6) is -0.715. The van der Waals surface area contributed by atoms with Crippen molar-refractivity contribution < 1.29 is 19.2 Å². The zero-order chi connectivity index (χ0) is 12.4. The summed E-state index contributed by atoms with van der Waals surface area (Å²) in [5, 5.41) is 11.2. The van der Waals surface area contributed by atoms with E-state index in [4.69, 9.17) is 9.47 Å². The molecule has 0 spiro atoms. The van der Waals surface area contributed by atoms with Crippen molar-refractivity contribution in [2.75, 3.05) is 6.61 Å². The summed E-state index contributed by atoms with van der Waals surface area (Å²) < 4.78 is 10.7. The molecule has 2 aliphatic heterocycles. The monoisotopic (exact) mass is 239 g/mol. The SMILES string of the molecule is CC1(C)C=C2C(=O)C3COC(O3)C2C1[N+](=O)[O-]. The molecule has 6 heteroatoms. The molecule has 1 aliphatic carbocycles. The first kappa shape index (κ1) is 10.9. The van der Waals surface area contributed by atoms with Gasteiger partial charge in [-0.05, 0) is 13.8 Å². The number of nitrogens with zero attached hydrogens (tertiary/aromatic N) is 1. The summed E-state index contributed by atoms with van der Waals surface area (Å²) in [6.45, 7) is 3.75. The van der Waals surface area contributed by atoms with Crippen molar-refractivity contribution in [1.29, 1.82) is 0 Å². The second-order valence-electron chi connectivity index (χ2n) is 5.37. The second kappa shape index (κ2) is 3.14. The average Bonchev–Trinajstić information content (AvgIpc) is 2.74. The molecule has 17 heavy (non-hydrogen) atoms. The Kier molecular flexibility index (Phi) is 2.01. The van der Waals surface area contributed by atoms with Gasteiger partial charge in [-0.1, -0.05) is 6.08 Å². The van der Waals surface area contributed by atoms with Gasteiger partial charge in [0.05, 0.1) is 12.0 Å². The van der Waals surface area contributed by atoms with E-state index in [-0.39, 0.29) is 17.3 Å². The number of hydrogen-bond donors (Lipinski definition) is 0.